The number of nitrogens with one attached hydrogen (secondary N) is 1. The summed E-state index contributed by atoms with van der Waals surface area (Å²) in [6.45, 7) is 1.23. The molecule has 2 heterocycles. The highest BCUT2D eigenvalue weighted by molar-refractivity contribution is 6.30. The number of halogens is 1. The molecule has 2 fully saturated rings. The number of hydrogen-bond donors (Lipinski definition) is 1. The molecule has 1 unspecified atom stereocenters. The number of likely N-dealkylation sites (tertiary alicyclic amines) is 1. The van der Waals surface area contributed by atoms with E-state index in [1.807, 2.05) is 4.90 Å². The Morgan fingerprint density at radius 2 is 2.04 bits per heavy atom. The van der Waals surface area contributed by atoms with Gasteiger partial charge in [0.1, 0.15) is 6.54 Å². The Hall–Kier alpha value is -2.48. The van der Waals surface area contributed by atoms with Gasteiger partial charge in [-0.05, 0) is 42.3 Å². The van der Waals surface area contributed by atoms with Crippen molar-refractivity contribution in [2.75, 3.05) is 13.1 Å². The molecule has 1 atom stereocenters. The van der Waals surface area contributed by atoms with E-state index in [2.05, 4.69) is 20.7 Å². The molecule has 2 aliphatic rings. The molecule has 1 saturated carbocycles. The van der Waals surface area contributed by atoms with Gasteiger partial charge in [0.2, 0.25) is 17.6 Å². The minimum Gasteiger partial charge on any atom is -0.354 e. The minimum atomic E-state index is -0.192. The summed E-state index contributed by atoms with van der Waals surface area (Å²) in [4.78, 5) is 27.3. The summed E-state index contributed by atoms with van der Waals surface area (Å²) in [7, 11) is 0. The van der Waals surface area contributed by atoms with Crippen molar-refractivity contribution in [2.24, 2.45) is 5.92 Å². The first kappa shape index (κ1) is 17.0. The topological polar surface area (TPSA) is 93.0 Å². The molecule has 1 aliphatic heterocycles. The van der Waals surface area contributed by atoms with Crippen molar-refractivity contribution >= 4 is 23.4 Å². The molecule has 2 amide bonds. The third-order valence-electron chi connectivity index (χ3n) is 4.65. The maximum absolute atomic E-state index is 12.1. The fraction of sp³-hybridized carbons (Fsp3) is 0.471. The highest BCUT2D eigenvalue weighted by Gasteiger charge is 2.39. The quantitative estimate of drug-likeness (QED) is 0.817. The number of hydrogen-bond acceptors (Lipinski definition) is 5. The lowest BCUT2D eigenvalue weighted by Gasteiger charge is -2.15. The Balaban J connectivity index is 1.27. The molecule has 0 spiro atoms. The van der Waals surface area contributed by atoms with Crippen LogP contribution in [0.4, 0.5) is 0 Å². The molecule has 26 heavy (non-hydrogen) atoms. The maximum atomic E-state index is 12.1. The first-order chi connectivity index (χ1) is 12.6. The predicted molar refractivity (Wildman–Crippen MR) is 94.1 cm³/mol. The van der Waals surface area contributed by atoms with E-state index in [1.165, 1.54) is 4.80 Å². The van der Waals surface area contributed by atoms with Crippen molar-refractivity contribution in [1.29, 1.82) is 0 Å². The third-order valence-corrected chi connectivity index (χ3v) is 4.91. The van der Waals surface area contributed by atoms with Crippen LogP contribution in [0.1, 0.15) is 19.3 Å². The van der Waals surface area contributed by atoms with Crippen LogP contribution in [0.5, 0.6) is 0 Å². The molecule has 2 aromatic rings. The highest BCUT2D eigenvalue weighted by Crippen LogP contribution is 2.32. The molecule has 136 valence electrons. The number of tetrazole rings is 1. The number of carbonyl (C=O) groups excluding carboxylic acids is 2. The van der Waals surface area contributed by atoms with E-state index in [4.69, 9.17) is 11.6 Å². The van der Waals surface area contributed by atoms with Crippen LogP contribution in [0.15, 0.2) is 24.3 Å². The van der Waals surface area contributed by atoms with Crippen LogP contribution in [0.3, 0.4) is 0 Å². The zero-order valence-corrected chi connectivity index (χ0v) is 14.9. The Bertz CT molecular complexity index is 817. The van der Waals surface area contributed by atoms with Crippen molar-refractivity contribution < 1.29 is 9.59 Å². The Labute approximate surface area is 155 Å². The Kier molecular flexibility index (Phi) is 4.58. The molecule has 1 aliphatic carbocycles. The number of rotatable bonds is 6. The van der Waals surface area contributed by atoms with Crippen molar-refractivity contribution in [3.63, 3.8) is 0 Å². The molecule has 4 rings (SSSR count). The first-order valence-electron chi connectivity index (χ1n) is 8.68. The van der Waals surface area contributed by atoms with E-state index in [0.717, 1.165) is 24.9 Å². The SMILES string of the molecule is O=C(Cn1nnc(-c2ccc(Cl)cc2)n1)NCC1CC(=O)N(C2CC2)C1. The van der Waals surface area contributed by atoms with Crippen LogP contribution < -0.4 is 5.32 Å². The molecule has 0 bridgehead atoms. The summed E-state index contributed by atoms with van der Waals surface area (Å²) in [5.41, 5.74) is 0.783. The Morgan fingerprint density at radius 3 is 2.77 bits per heavy atom. The van der Waals surface area contributed by atoms with Crippen LogP contribution in [0.25, 0.3) is 11.4 Å². The van der Waals surface area contributed by atoms with Gasteiger partial charge in [-0.15, -0.1) is 10.2 Å². The molecular weight excluding hydrogens is 356 g/mol. The largest absolute Gasteiger partial charge is 0.354 e. The van der Waals surface area contributed by atoms with Gasteiger partial charge in [0, 0.05) is 42.1 Å². The van der Waals surface area contributed by atoms with E-state index in [0.29, 0.717) is 29.9 Å². The van der Waals surface area contributed by atoms with Crippen molar-refractivity contribution in [1.82, 2.24) is 30.4 Å². The zero-order valence-electron chi connectivity index (χ0n) is 14.1. The summed E-state index contributed by atoms with van der Waals surface area (Å²) < 4.78 is 0. The smallest absolute Gasteiger partial charge is 0.243 e. The average Bonchev–Trinajstić information content (AvgIpc) is 3.25. The monoisotopic (exact) mass is 374 g/mol. The number of amides is 2. The molecule has 1 aromatic carbocycles. The van der Waals surface area contributed by atoms with Crippen LogP contribution >= 0.6 is 11.6 Å². The van der Waals surface area contributed by atoms with Gasteiger partial charge < -0.3 is 10.2 Å². The predicted octanol–water partition coefficient (Wildman–Crippen LogP) is 1.12. The van der Waals surface area contributed by atoms with Gasteiger partial charge in [-0.1, -0.05) is 11.6 Å². The molecular formula is C17H19ClN6O2. The van der Waals surface area contributed by atoms with Gasteiger partial charge in [-0.2, -0.15) is 4.80 Å². The molecule has 0 radical (unpaired) electrons. The van der Waals surface area contributed by atoms with E-state index >= 15 is 0 Å². The lowest BCUT2D eigenvalue weighted by atomic mass is 10.1. The Morgan fingerprint density at radius 1 is 1.27 bits per heavy atom. The van der Waals surface area contributed by atoms with Crippen LogP contribution in [-0.4, -0.2) is 56.1 Å². The first-order valence-corrected chi connectivity index (χ1v) is 9.06. The van der Waals surface area contributed by atoms with E-state index in [9.17, 15) is 9.59 Å². The van der Waals surface area contributed by atoms with Crippen molar-refractivity contribution in [3.8, 4) is 11.4 Å². The van der Waals surface area contributed by atoms with Gasteiger partial charge in [-0.25, -0.2) is 0 Å². The van der Waals surface area contributed by atoms with Gasteiger partial charge in [0.15, 0.2) is 0 Å². The number of benzene rings is 1. The summed E-state index contributed by atoms with van der Waals surface area (Å²) in [6, 6.07) is 7.53. The highest BCUT2D eigenvalue weighted by atomic mass is 35.5. The minimum absolute atomic E-state index is 0.00635. The summed E-state index contributed by atoms with van der Waals surface area (Å²) in [6.07, 6.45) is 2.73. The van der Waals surface area contributed by atoms with E-state index in [-0.39, 0.29) is 24.3 Å². The summed E-state index contributed by atoms with van der Waals surface area (Å²) >= 11 is 5.86. The average molecular weight is 375 g/mol. The normalized spacial score (nSPS) is 19.8. The summed E-state index contributed by atoms with van der Waals surface area (Å²) in [5.74, 6) is 0.635. The molecule has 1 aromatic heterocycles. The van der Waals surface area contributed by atoms with E-state index in [1.54, 1.807) is 24.3 Å². The second-order valence-corrected chi connectivity index (χ2v) is 7.24. The molecule has 9 heteroatoms. The number of carbonyl (C=O) groups is 2. The van der Waals surface area contributed by atoms with Crippen molar-refractivity contribution in [2.45, 2.75) is 31.8 Å². The van der Waals surface area contributed by atoms with Crippen LogP contribution in [-0.2, 0) is 16.1 Å². The number of aromatic nitrogens is 4. The third kappa shape index (κ3) is 3.85. The lowest BCUT2D eigenvalue weighted by molar-refractivity contribution is -0.128. The summed E-state index contributed by atoms with van der Waals surface area (Å²) in [5, 5.41) is 15.6. The fourth-order valence-corrected chi connectivity index (χ4v) is 3.28. The zero-order chi connectivity index (χ0) is 18.1. The van der Waals surface area contributed by atoms with Gasteiger partial charge in [0.25, 0.3) is 0 Å². The van der Waals surface area contributed by atoms with Gasteiger partial charge in [0.05, 0.1) is 0 Å². The van der Waals surface area contributed by atoms with Crippen molar-refractivity contribution in [3.05, 3.63) is 29.3 Å². The molecule has 1 saturated heterocycles. The molecule has 8 nitrogen and oxygen atoms in total. The van der Waals surface area contributed by atoms with Gasteiger partial charge in [-0.3, -0.25) is 9.59 Å². The molecule has 1 N–H and O–H groups in total. The number of nitrogens with zero attached hydrogens (tertiary/aromatic N) is 5. The fourth-order valence-electron chi connectivity index (χ4n) is 3.15. The second kappa shape index (κ2) is 7.03. The van der Waals surface area contributed by atoms with Gasteiger partial charge >= 0.3 is 0 Å². The van der Waals surface area contributed by atoms with E-state index < -0.39 is 0 Å². The second-order valence-electron chi connectivity index (χ2n) is 6.80. The standard InChI is InChI=1S/C17H19ClN6O2/c18-13-3-1-12(2-4-13)17-20-22-24(21-17)10-15(25)19-8-11-7-16(26)23(9-11)14-5-6-14/h1-4,11,14H,5-10H2,(H,19,25). The van der Waals surface area contributed by atoms with Crippen LogP contribution in [0.2, 0.25) is 5.02 Å². The lowest BCUT2D eigenvalue weighted by Crippen LogP contribution is -2.34. The maximum Gasteiger partial charge on any atom is 0.243 e. The van der Waals surface area contributed by atoms with Crippen LogP contribution in [0, 0.1) is 5.92 Å².